The Labute approximate surface area is 65.7 Å². The predicted molar refractivity (Wildman–Crippen MR) is 38.6 cm³/mol. The summed E-state index contributed by atoms with van der Waals surface area (Å²) in [6.07, 6.45) is 0.231. The van der Waals surface area contributed by atoms with Crippen LogP contribution in [0.15, 0.2) is 0 Å². The van der Waals surface area contributed by atoms with Gasteiger partial charge < -0.3 is 4.74 Å². The van der Waals surface area contributed by atoms with Gasteiger partial charge in [0.25, 0.3) is 0 Å². The van der Waals surface area contributed by atoms with E-state index in [4.69, 9.17) is 4.52 Å². The quantitative estimate of drug-likeness (QED) is 0.478. The third-order valence-corrected chi connectivity index (χ3v) is 2.83. The average molecular weight is 177 g/mol. The van der Waals surface area contributed by atoms with Crippen molar-refractivity contribution < 1.29 is 18.6 Å². The van der Waals surface area contributed by atoms with Crippen molar-refractivity contribution in [2.24, 2.45) is 0 Å². The normalized spacial score (nSPS) is 25.0. The molecule has 0 aromatic carbocycles. The summed E-state index contributed by atoms with van der Waals surface area (Å²) in [7, 11) is -1.70. The highest BCUT2D eigenvalue weighted by Gasteiger charge is 2.40. The van der Waals surface area contributed by atoms with Gasteiger partial charge in [-0.25, -0.2) is 0 Å². The van der Waals surface area contributed by atoms with Crippen LogP contribution in [-0.2, 0) is 18.6 Å². The minimum absolute atomic E-state index is 0.225. The zero-order valence-electron chi connectivity index (χ0n) is 6.28. The first-order valence-electron chi connectivity index (χ1n) is 3.49. The molecule has 0 radical (unpaired) electrons. The number of cyclic esters (lactones) is 1. The van der Waals surface area contributed by atoms with Crippen LogP contribution in [0.5, 0.6) is 0 Å². The maximum absolute atomic E-state index is 11.1. The van der Waals surface area contributed by atoms with Crippen LogP contribution in [0.25, 0.3) is 0 Å². The lowest BCUT2D eigenvalue weighted by atomic mass is 10.4. The van der Waals surface area contributed by atoms with Crippen LogP contribution in [0.1, 0.15) is 13.3 Å². The predicted octanol–water partition coefficient (Wildman–Crippen LogP) is 1.08. The highest BCUT2D eigenvalue weighted by molar-refractivity contribution is 7.40. The summed E-state index contributed by atoms with van der Waals surface area (Å²) in [6.45, 7) is 2.43. The maximum atomic E-state index is 11.1. The van der Waals surface area contributed by atoms with Gasteiger partial charge in [0.05, 0.1) is 13.0 Å². The molecule has 0 aromatic heterocycles. The van der Waals surface area contributed by atoms with Crippen LogP contribution in [0.4, 0.5) is 0 Å². The van der Waals surface area contributed by atoms with E-state index < -0.39 is 8.03 Å². The van der Waals surface area contributed by atoms with Crippen molar-refractivity contribution in [1.29, 1.82) is 0 Å². The summed E-state index contributed by atoms with van der Waals surface area (Å²) < 4.78 is 20.6. The van der Waals surface area contributed by atoms with E-state index >= 15 is 0 Å². The zero-order chi connectivity index (χ0) is 8.27. The molecule has 1 aliphatic heterocycles. The average Bonchev–Trinajstić information content (AvgIpc) is 2.36. The van der Waals surface area contributed by atoms with E-state index in [1.165, 1.54) is 0 Å². The number of ether oxygens (including phenoxy) is 1. The third kappa shape index (κ3) is 2.24. The molecule has 11 heavy (non-hydrogen) atoms. The second-order valence-electron chi connectivity index (χ2n) is 2.24. The molecule has 5 heteroatoms. The van der Waals surface area contributed by atoms with Gasteiger partial charge in [0.2, 0.25) is 5.66 Å². The number of esters is 1. The van der Waals surface area contributed by atoms with Gasteiger partial charge in [-0.2, -0.15) is 0 Å². The summed E-state index contributed by atoms with van der Waals surface area (Å²) in [5.74, 6) is -0.280. The second kappa shape index (κ2) is 3.79. The summed E-state index contributed by atoms with van der Waals surface area (Å²) in [5, 5.41) is 0. The molecule has 0 spiro atoms. The molecule has 0 aromatic rings. The van der Waals surface area contributed by atoms with Crippen molar-refractivity contribution in [2.75, 3.05) is 13.2 Å². The molecule has 0 aliphatic carbocycles. The van der Waals surface area contributed by atoms with Gasteiger partial charge in [-0.05, 0) is 11.5 Å². The lowest BCUT2D eigenvalue weighted by Crippen LogP contribution is -2.01. The molecule has 62 valence electrons. The Morgan fingerprint density at radius 3 is 3.00 bits per heavy atom. The minimum Gasteiger partial charge on any atom is -0.461 e. The Kier molecular flexibility index (Phi) is 2.97. The van der Waals surface area contributed by atoms with E-state index in [9.17, 15) is 9.36 Å². The number of carbonyl (C=O) groups is 1. The summed E-state index contributed by atoms with van der Waals surface area (Å²) in [5.41, 5.74) is -0.225. The molecule has 4 nitrogen and oxygen atoms in total. The summed E-state index contributed by atoms with van der Waals surface area (Å²) in [4.78, 5) is 10.6. The second-order valence-corrected chi connectivity index (χ2v) is 3.80. The van der Waals surface area contributed by atoms with E-state index in [0.717, 1.165) is 0 Å². The molecule has 1 saturated heterocycles. The minimum atomic E-state index is -1.70. The van der Waals surface area contributed by atoms with Gasteiger partial charge in [0.1, 0.15) is 6.61 Å². The Hall–Kier alpha value is -0.470. The molecule has 2 atom stereocenters. The number of rotatable bonds is 3. The maximum Gasteiger partial charge on any atom is 0.515 e. The fourth-order valence-electron chi connectivity index (χ4n) is 0.867. The fourth-order valence-corrected chi connectivity index (χ4v) is 1.83. The monoisotopic (exact) mass is 177 g/mol. The first-order valence-corrected chi connectivity index (χ1v) is 4.73. The molecular formula is C6H10O4P+. The Morgan fingerprint density at radius 2 is 2.55 bits per heavy atom. The molecule has 0 saturated carbocycles. The summed E-state index contributed by atoms with van der Waals surface area (Å²) >= 11 is 0. The zero-order valence-corrected chi connectivity index (χ0v) is 7.17. The fraction of sp³-hybridized carbons (Fsp3) is 0.833. The number of hydrogen-bond donors (Lipinski definition) is 0. The molecule has 0 bridgehead atoms. The van der Waals surface area contributed by atoms with Gasteiger partial charge in [-0.1, -0.05) is 0 Å². The van der Waals surface area contributed by atoms with E-state index in [1.807, 2.05) is 0 Å². The molecular weight excluding hydrogens is 167 g/mol. The highest BCUT2D eigenvalue weighted by atomic mass is 31.1. The smallest absolute Gasteiger partial charge is 0.461 e. The lowest BCUT2D eigenvalue weighted by molar-refractivity contribution is -0.137. The Morgan fingerprint density at radius 1 is 1.82 bits per heavy atom. The van der Waals surface area contributed by atoms with Crippen molar-refractivity contribution >= 4 is 14.0 Å². The molecule has 1 aliphatic rings. The largest absolute Gasteiger partial charge is 0.515 e. The van der Waals surface area contributed by atoms with Crippen molar-refractivity contribution in [3.05, 3.63) is 0 Å². The molecule has 0 N–H and O–H groups in total. The molecule has 0 amide bonds. The van der Waals surface area contributed by atoms with Gasteiger partial charge >= 0.3 is 14.0 Å². The van der Waals surface area contributed by atoms with E-state index in [-0.39, 0.29) is 24.7 Å². The van der Waals surface area contributed by atoms with Crippen LogP contribution in [0, 0.1) is 0 Å². The molecule has 1 heterocycles. The van der Waals surface area contributed by atoms with Gasteiger partial charge in [-0.15, -0.1) is 4.52 Å². The van der Waals surface area contributed by atoms with E-state index in [2.05, 4.69) is 4.74 Å². The van der Waals surface area contributed by atoms with Crippen molar-refractivity contribution in [1.82, 2.24) is 0 Å². The van der Waals surface area contributed by atoms with E-state index in [1.54, 1.807) is 6.92 Å². The van der Waals surface area contributed by atoms with Gasteiger partial charge in [0, 0.05) is 0 Å². The number of carbonyl (C=O) groups excluding carboxylic acids is 1. The molecule has 1 rings (SSSR count). The number of hydrogen-bond acceptors (Lipinski definition) is 4. The first-order chi connectivity index (χ1) is 5.24. The third-order valence-electron chi connectivity index (χ3n) is 1.39. The molecule has 2 unspecified atom stereocenters. The molecule has 1 fully saturated rings. The topological polar surface area (TPSA) is 52.6 Å². The SMILES string of the molecule is CCO[P+](=O)C1COC(=O)C1. The van der Waals surface area contributed by atoms with Crippen LogP contribution in [0.3, 0.4) is 0 Å². The van der Waals surface area contributed by atoms with Crippen molar-refractivity contribution in [3.8, 4) is 0 Å². The van der Waals surface area contributed by atoms with Crippen LogP contribution in [0.2, 0.25) is 0 Å². The summed E-state index contributed by atoms with van der Waals surface area (Å²) in [6, 6.07) is 0. The Bertz CT molecular complexity index is 179. The van der Waals surface area contributed by atoms with E-state index in [0.29, 0.717) is 6.61 Å². The van der Waals surface area contributed by atoms with Crippen LogP contribution < -0.4 is 0 Å². The lowest BCUT2D eigenvalue weighted by Gasteiger charge is -1.88. The van der Waals surface area contributed by atoms with Crippen molar-refractivity contribution in [2.45, 2.75) is 19.0 Å². The standard InChI is InChI=1S/C6H10O4P/c1-2-10-11(8)5-3-6(7)9-4-5/h5H,2-4H2,1H3/q+1. The van der Waals surface area contributed by atoms with Gasteiger partial charge in [0.15, 0.2) is 0 Å². The highest BCUT2D eigenvalue weighted by Crippen LogP contribution is 2.34. The van der Waals surface area contributed by atoms with Crippen molar-refractivity contribution in [3.63, 3.8) is 0 Å². The van der Waals surface area contributed by atoms with Gasteiger partial charge in [-0.3, -0.25) is 4.79 Å². The Balaban J connectivity index is 2.37. The van der Waals surface area contributed by atoms with Crippen LogP contribution in [-0.4, -0.2) is 24.8 Å². The van der Waals surface area contributed by atoms with Crippen LogP contribution >= 0.6 is 8.03 Å². The first kappa shape index (κ1) is 8.62.